The first kappa shape index (κ1) is 13.4. The Morgan fingerprint density at radius 1 is 1.25 bits per heavy atom. The molecule has 1 aromatic rings. The van der Waals surface area contributed by atoms with Gasteiger partial charge >= 0.3 is 6.36 Å². The van der Waals surface area contributed by atoms with Gasteiger partial charge in [-0.1, -0.05) is 12.1 Å². The van der Waals surface area contributed by atoms with Crippen LogP contribution in [0.4, 0.5) is 13.2 Å². The van der Waals surface area contributed by atoms with Crippen molar-refractivity contribution in [2.75, 3.05) is 0 Å². The summed E-state index contributed by atoms with van der Waals surface area (Å²) in [5.41, 5.74) is 0.150. The van der Waals surface area contributed by atoms with Crippen LogP contribution in [0.5, 0.6) is 5.75 Å². The molecule has 16 heavy (non-hydrogen) atoms. The monoisotopic (exact) mass is 274 g/mol. The van der Waals surface area contributed by atoms with Crippen LogP contribution < -0.4 is 4.74 Å². The van der Waals surface area contributed by atoms with Gasteiger partial charge in [-0.15, -0.1) is 36.4 Å². The van der Waals surface area contributed by atoms with Crippen LogP contribution in [0.3, 0.4) is 0 Å². The Bertz CT molecular complexity index is 355. The van der Waals surface area contributed by atoms with Crippen LogP contribution in [0.15, 0.2) is 24.3 Å². The molecule has 0 bridgehead atoms. The van der Waals surface area contributed by atoms with Gasteiger partial charge in [0.15, 0.2) is 0 Å². The number of benzene rings is 1. The zero-order valence-electron chi connectivity index (χ0n) is 7.71. The number of aliphatic hydroxyl groups is 1. The van der Waals surface area contributed by atoms with Crippen molar-refractivity contribution in [2.24, 2.45) is 0 Å². The molecule has 0 aromatic heterocycles. The van der Waals surface area contributed by atoms with Crippen molar-refractivity contribution in [1.82, 2.24) is 0 Å². The topological polar surface area (TPSA) is 29.5 Å². The van der Waals surface area contributed by atoms with Crippen molar-refractivity contribution < 1.29 is 23.0 Å². The molecule has 1 aromatic carbocycles. The molecule has 0 spiro atoms. The van der Waals surface area contributed by atoms with Gasteiger partial charge in [0.1, 0.15) is 16.7 Å². The van der Waals surface area contributed by atoms with E-state index in [1.54, 1.807) is 0 Å². The maximum atomic E-state index is 11.9. The molecular formula is C9H7Cl2F3O2. The lowest BCUT2D eigenvalue weighted by molar-refractivity contribution is -0.274. The van der Waals surface area contributed by atoms with Gasteiger partial charge in [0, 0.05) is 0 Å². The predicted octanol–water partition coefficient (Wildman–Crippen LogP) is 3.42. The smallest absolute Gasteiger partial charge is 0.406 e. The van der Waals surface area contributed by atoms with Crippen LogP contribution in [0.25, 0.3) is 0 Å². The van der Waals surface area contributed by atoms with Crippen LogP contribution in [0, 0.1) is 0 Å². The standard InChI is InChI=1S/C9H7Cl2F3O2/c10-8(11)7(15)5-2-1-3-6(4-5)16-9(12,13)14/h1-4,7-8,15H. The molecule has 1 unspecified atom stereocenters. The van der Waals surface area contributed by atoms with Crippen molar-refractivity contribution in [3.05, 3.63) is 29.8 Å². The van der Waals surface area contributed by atoms with Crippen LogP contribution in [0.1, 0.15) is 11.7 Å². The van der Waals surface area contributed by atoms with Crippen molar-refractivity contribution in [3.8, 4) is 5.75 Å². The van der Waals surface area contributed by atoms with Crippen molar-refractivity contribution in [3.63, 3.8) is 0 Å². The van der Waals surface area contributed by atoms with E-state index >= 15 is 0 Å². The quantitative estimate of drug-likeness (QED) is 0.856. The van der Waals surface area contributed by atoms with E-state index in [-0.39, 0.29) is 5.56 Å². The zero-order valence-corrected chi connectivity index (χ0v) is 9.22. The van der Waals surface area contributed by atoms with E-state index in [9.17, 15) is 18.3 Å². The van der Waals surface area contributed by atoms with Gasteiger partial charge in [0.05, 0.1) is 0 Å². The Kier molecular flexibility index (Phi) is 4.29. The highest BCUT2D eigenvalue weighted by molar-refractivity contribution is 6.44. The highest BCUT2D eigenvalue weighted by atomic mass is 35.5. The maximum Gasteiger partial charge on any atom is 0.573 e. The summed E-state index contributed by atoms with van der Waals surface area (Å²) in [5, 5.41) is 9.42. The first-order chi connectivity index (χ1) is 7.29. The first-order valence-corrected chi connectivity index (χ1v) is 4.99. The van der Waals surface area contributed by atoms with Gasteiger partial charge in [-0.3, -0.25) is 0 Å². The van der Waals surface area contributed by atoms with Crippen LogP contribution in [-0.2, 0) is 0 Å². The van der Waals surface area contributed by atoms with Crippen molar-refractivity contribution in [1.29, 1.82) is 0 Å². The number of halogens is 5. The third kappa shape index (κ3) is 4.08. The fourth-order valence-corrected chi connectivity index (χ4v) is 1.33. The van der Waals surface area contributed by atoms with Crippen molar-refractivity contribution in [2.45, 2.75) is 17.3 Å². The summed E-state index contributed by atoms with van der Waals surface area (Å²) in [7, 11) is 0. The number of ether oxygens (including phenoxy) is 1. The van der Waals surface area contributed by atoms with Gasteiger partial charge in [0.2, 0.25) is 0 Å². The Morgan fingerprint density at radius 3 is 2.38 bits per heavy atom. The van der Waals surface area contributed by atoms with E-state index in [1.165, 1.54) is 12.1 Å². The fourth-order valence-electron chi connectivity index (χ4n) is 1.04. The summed E-state index contributed by atoms with van der Waals surface area (Å²) in [6.07, 6.45) is -6.04. The second kappa shape index (κ2) is 5.12. The first-order valence-electron chi connectivity index (χ1n) is 4.11. The summed E-state index contributed by atoms with van der Waals surface area (Å²) in [5.74, 6) is -0.432. The molecule has 0 aliphatic carbocycles. The molecule has 0 radical (unpaired) electrons. The van der Waals surface area contributed by atoms with Gasteiger partial charge < -0.3 is 9.84 Å². The lowest BCUT2D eigenvalue weighted by Crippen LogP contribution is -2.17. The predicted molar refractivity (Wildman–Crippen MR) is 53.6 cm³/mol. The van der Waals surface area contributed by atoms with Gasteiger partial charge in [-0.2, -0.15) is 0 Å². The zero-order chi connectivity index (χ0) is 12.3. The summed E-state index contributed by atoms with van der Waals surface area (Å²) < 4.78 is 39.4. The molecular weight excluding hydrogens is 268 g/mol. The van der Waals surface area contributed by atoms with Gasteiger partial charge in [-0.25, -0.2) is 0 Å². The number of aliphatic hydroxyl groups excluding tert-OH is 1. The molecule has 0 aliphatic rings. The largest absolute Gasteiger partial charge is 0.573 e. The molecule has 1 atom stereocenters. The second-order valence-electron chi connectivity index (χ2n) is 2.90. The Hall–Kier alpha value is -0.650. The summed E-state index contributed by atoms with van der Waals surface area (Å²) in [6.45, 7) is 0. The molecule has 0 saturated heterocycles. The Balaban J connectivity index is 2.87. The molecule has 0 saturated carbocycles. The van der Waals surface area contributed by atoms with E-state index < -0.39 is 23.1 Å². The second-order valence-corrected chi connectivity index (χ2v) is 4.06. The Labute approximate surface area is 99.5 Å². The van der Waals surface area contributed by atoms with E-state index in [0.29, 0.717) is 0 Å². The average molecular weight is 275 g/mol. The highest BCUT2D eigenvalue weighted by Crippen LogP contribution is 2.29. The van der Waals surface area contributed by atoms with Gasteiger partial charge in [-0.05, 0) is 17.7 Å². The summed E-state index contributed by atoms with van der Waals surface area (Å²) >= 11 is 10.8. The number of rotatable bonds is 3. The minimum Gasteiger partial charge on any atom is -0.406 e. The lowest BCUT2D eigenvalue weighted by atomic mass is 10.1. The summed E-state index contributed by atoms with van der Waals surface area (Å²) in [6, 6.07) is 4.83. The van der Waals surface area contributed by atoms with Crippen molar-refractivity contribution >= 4 is 23.2 Å². The fraction of sp³-hybridized carbons (Fsp3) is 0.333. The third-order valence-electron chi connectivity index (χ3n) is 1.67. The molecule has 1 N–H and O–H groups in total. The van der Waals surface area contributed by atoms with E-state index in [4.69, 9.17) is 23.2 Å². The Morgan fingerprint density at radius 2 is 1.88 bits per heavy atom. The molecule has 2 nitrogen and oxygen atoms in total. The number of alkyl halides is 5. The van der Waals surface area contributed by atoms with E-state index in [0.717, 1.165) is 12.1 Å². The molecule has 1 rings (SSSR count). The number of hydrogen-bond donors (Lipinski definition) is 1. The average Bonchev–Trinajstić information content (AvgIpc) is 2.14. The van der Waals surface area contributed by atoms with E-state index in [1.807, 2.05) is 0 Å². The molecule has 7 heteroatoms. The molecule has 0 fully saturated rings. The van der Waals surface area contributed by atoms with Crippen LogP contribution in [0.2, 0.25) is 0 Å². The van der Waals surface area contributed by atoms with Crippen LogP contribution in [-0.4, -0.2) is 16.3 Å². The molecule has 0 heterocycles. The van der Waals surface area contributed by atoms with Crippen LogP contribution >= 0.6 is 23.2 Å². The SMILES string of the molecule is OC(c1cccc(OC(F)(F)F)c1)C(Cl)Cl. The number of hydrogen-bond acceptors (Lipinski definition) is 2. The third-order valence-corrected chi connectivity index (χ3v) is 2.15. The molecule has 90 valence electrons. The van der Waals surface area contributed by atoms with E-state index in [2.05, 4.69) is 4.74 Å². The molecule has 0 aliphatic heterocycles. The summed E-state index contributed by atoms with van der Waals surface area (Å²) in [4.78, 5) is -1.12. The normalized spacial score (nSPS) is 13.9. The molecule has 0 amide bonds. The minimum atomic E-state index is -4.77. The highest BCUT2D eigenvalue weighted by Gasteiger charge is 2.31. The maximum absolute atomic E-state index is 11.9. The minimum absolute atomic E-state index is 0.150. The van der Waals surface area contributed by atoms with Gasteiger partial charge in [0.25, 0.3) is 0 Å². The lowest BCUT2D eigenvalue weighted by Gasteiger charge is -2.14.